The molecule has 4 bridgehead atoms. The van der Waals surface area contributed by atoms with E-state index in [1.54, 1.807) is 0 Å². The summed E-state index contributed by atoms with van der Waals surface area (Å²) in [5.74, 6) is 0.0115. The van der Waals surface area contributed by atoms with E-state index in [0.29, 0.717) is 0 Å². The fourth-order valence-corrected chi connectivity index (χ4v) is 9.05. The molecule has 0 spiro atoms. The van der Waals surface area contributed by atoms with Gasteiger partial charge in [-0.25, -0.2) is 0 Å². The first-order valence-corrected chi connectivity index (χ1v) is 13.8. The van der Waals surface area contributed by atoms with Gasteiger partial charge in [-0.3, -0.25) is 4.79 Å². The summed E-state index contributed by atoms with van der Waals surface area (Å²) in [7, 11) is 0. The summed E-state index contributed by atoms with van der Waals surface area (Å²) in [5.41, 5.74) is 3.44. The molecule has 5 aliphatic carbocycles. The van der Waals surface area contributed by atoms with Gasteiger partial charge in [0, 0.05) is 6.42 Å². The molecule has 4 fully saturated rings. The molecule has 0 saturated heterocycles. The summed E-state index contributed by atoms with van der Waals surface area (Å²) in [4.78, 5) is 14.4. The topological polar surface area (TPSA) is 26.3 Å². The molecule has 3 aromatic carbocycles. The first-order chi connectivity index (χ1) is 18.1. The van der Waals surface area contributed by atoms with Gasteiger partial charge in [0.25, 0.3) is 0 Å². The van der Waals surface area contributed by atoms with Crippen molar-refractivity contribution in [1.29, 1.82) is 0 Å². The Kier molecular flexibility index (Phi) is 5.12. The van der Waals surface area contributed by atoms with Crippen molar-refractivity contribution in [2.45, 2.75) is 67.3 Å². The average Bonchev–Trinajstić information content (AvgIpc) is 2.94. The van der Waals surface area contributed by atoms with Gasteiger partial charge < -0.3 is 4.74 Å². The molecule has 0 radical (unpaired) electrons. The highest BCUT2D eigenvalue weighted by atomic mass is 16.5. The van der Waals surface area contributed by atoms with Gasteiger partial charge in [0.15, 0.2) is 0 Å². The summed E-state index contributed by atoms with van der Waals surface area (Å²) in [5, 5.41) is 0. The third kappa shape index (κ3) is 3.56. The molecule has 3 aromatic rings. The standard InChI is InChI=1S/C35H34O2/c36-31(37-30-19-11-4-12-20-30)35-24-32(27-13-5-1-6-14-27)21-33(25-35,28-15-7-2-8-16-28)23-34(22-32,26-35)29-17-9-3-10-18-29/h1-19,30H,20-26H2. The van der Waals surface area contributed by atoms with Crippen molar-refractivity contribution in [2.24, 2.45) is 5.41 Å². The Morgan fingerprint density at radius 2 is 1.03 bits per heavy atom. The SMILES string of the molecule is O=C(OC1C=CC=CC1)C12CC3(c4ccccc4)CC(c4ccccc4)(C1)CC(c1ccccc1)(C2)C3. The first-order valence-electron chi connectivity index (χ1n) is 13.8. The Bertz CT molecular complexity index is 1210. The normalized spacial score (nSPS) is 35.4. The monoisotopic (exact) mass is 486 g/mol. The Labute approximate surface area is 220 Å². The van der Waals surface area contributed by atoms with Crippen molar-refractivity contribution in [3.63, 3.8) is 0 Å². The molecular weight excluding hydrogens is 452 g/mol. The van der Waals surface area contributed by atoms with E-state index < -0.39 is 5.41 Å². The van der Waals surface area contributed by atoms with E-state index in [0.717, 1.165) is 44.9 Å². The number of esters is 1. The van der Waals surface area contributed by atoms with Crippen LogP contribution in [0.5, 0.6) is 0 Å². The fourth-order valence-electron chi connectivity index (χ4n) is 9.05. The fraction of sp³-hybridized carbons (Fsp3) is 0.343. The number of carbonyl (C=O) groups excluding carboxylic acids is 1. The average molecular weight is 487 g/mol. The molecule has 2 heteroatoms. The Morgan fingerprint density at radius 1 is 0.595 bits per heavy atom. The summed E-state index contributed by atoms with van der Waals surface area (Å²) >= 11 is 0. The number of allylic oxidation sites excluding steroid dienone is 2. The largest absolute Gasteiger partial charge is 0.457 e. The van der Waals surface area contributed by atoms with Gasteiger partial charge in [0.05, 0.1) is 5.41 Å². The molecule has 37 heavy (non-hydrogen) atoms. The van der Waals surface area contributed by atoms with Gasteiger partial charge >= 0.3 is 5.97 Å². The number of hydrogen-bond acceptors (Lipinski definition) is 2. The summed E-state index contributed by atoms with van der Waals surface area (Å²) in [6.07, 6.45) is 14.6. The predicted molar refractivity (Wildman–Crippen MR) is 147 cm³/mol. The maximum atomic E-state index is 14.4. The van der Waals surface area contributed by atoms with Crippen molar-refractivity contribution in [2.75, 3.05) is 0 Å². The minimum absolute atomic E-state index is 0.0115. The van der Waals surface area contributed by atoms with Gasteiger partial charge in [-0.05, 0) is 77.5 Å². The molecule has 0 aliphatic heterocycles. The second kappa shape index (κ2) is 8.31. The second-order valence-corrected chi connectivity index (χ2v) is 12.3. The lowest BCUT2D eigenvalue weighted by molar-refractivity contribution is -0.183. The third-order valence-electron chi connectivity index (χ3n) is 9.85. The van der Waals surface area contributed by atoms with Gasteiger partial charge in [0.1, 0.15) is 6.10 Å². The molecule has 1 unspecified atom stereocenters. The number of rotatable bonds is 5. The second-order valence-electron chi connectivity index (χ2n) is 12.3. The molecule has 0 amide bonds. The van der Waals surface area contributed by atoms with Crippen LogP contribution < -0.4 is 0 Å². The molecule has 5 aliphatic rings. The van der Waals surface area contributed by atoms with Crippen LogP contribution in [0.25, 0.3) is 0 Å². The van der Waals surface area contributed by atoms with Crippen molar-refractivity contribution in [3.8, 4) is 0 Å². The molecule has 0 N–H and O–H groups in total. The zero-order valence-corrected chi connectivity index (χ0v) is 21.3. The van der Waals surface area contributed by atoms with E-state index in [1.165, 1.54) is 16.7 Å². The van der Waals surface area contributed by atoms with Crippen LogP contribution in [0.2, 0.25) is 0 Å². The first kappa shape index (κ1) is 22.8. The Hall–Kier alpha value is -3.39. The zero-order valence-electron chi connectivity index (χ0n) is 21.3. The summed E-state index contributed by atoms with van der Waals surface area (Å²) in [6, 6.07) is 33.2. The minimum Gasteiger partial charge on any atom is -0.457 e. The van der Waals surface area contributed by atoms with Crippen LogP contribution in [-0.2, 0) is 25.8 Å². The highest BCUT2D eigenvalue weighted by Gasteiger charge is 2.71. The number of ether oxygens (including phenoxy) is 1. The van der Waals surface area contributed by atoms with E-state index in [-0.39, 0.29) is 28.3 Å². The Morgan fingerprint density at radius 3 is 1.41 bits per heavy atom. The molecule has 0 heterocycles. The molecule has 1 atom stereocenters. The van der Waals surface area contributed by atoms with Crippen molar-refractivity contribution in [3.05, 3.63) is 132 Å². The quantitative estimate of drug-likeness (QED) is 0.347. The van der Waals surface area contributed by atoms with E-state index in [2.05, 4.69) is 97.1 Å². The van der Waals surface area contributed by atoms with Gasteiger partial charge in [-0.15, -0.1) is 0 Å². The molecular formula is C35H34O2. The maximum Gasteiger partial charge on any atom is 0.312 e. The van der Waals surface area contributed by atoms with Crippen LogP contribution in [0.1, 0.15) is 61.6 Å². The lowest BCUT2D eigenvalue weighted by Gasteiger charge is -2.70. The van der Waals surface area contributed by atoms with E-state index >= 15 is 0 Å². The predicted octanol–water partition coefficient (Wildman–Crippen LogP) is 7.60. The van der Waals surface area contributed by atoms with E-state index in [4.69, 9.17) is 4.74 Å². The van der Waals surface area contributed by atoms with E-state index in [1.807, 2.05) is 18.2 Å². The van der Waals surface area contributed by atoms with Crippen LogP contribution in [0.4, 0.5) is 0 Å². The third-order valence-corrected chi connectivity index (χ3v) is 9.85. The van der Waals surface area contributed by atoms with Crippen molar-refractivity contribution >= 4 is 5.97 Å². The van der Waals surface area contributed by atoms with Crippen molar-refractivity contribution in [1.82, 2.24) is 0 Å². The number of hydrogen-bond donors (Lipinski definition) is 0. The number of carbonyl (C=O) groups is 1. The summed E-state index contributed by atoms with van der Waals surface area (Å²) < 4.78 is 6.34. The highest BCUT2D eigenvalue weighted by Crippen LogP contribution is 2.74. The van der Waals surface area contributed by atoms with Crippen molar-refractivity contribution < 1.29 is 9.53 Å². The smallest absolute Gasteiger partial charge is 0.312 e. The minimum atomic E-state index is -0.509. The van der Waals surface area contributed by atoms with E-state index in [9.17, 15) is 4.79 Å². The van der Waals surface area contributed by atoms with Gasteiger partial charge in [-0.2, -0.15) is 0 Å². The van der Waals surface area contributed by atoms with Crippen LogP contribution in [0.15, 0.2) is 115 Å². The summed E-state index contributed by atoms with van der Waals surface area (Å²) in [6.45, 7) is 0. The lowest BCUT2D eigenvalue weighted by Crippen LogP contribution is -2.67. The Balaban J connectivity index is 1.43. The lowest BCUT2D eigenvalue weighted by atomic mass is 9.33. The van der Waals surface area contributed by atoms with Crippen LogP contribution in [-0.4, -0.2) is 12.1 Å². The van der Waals surface area contributed by atoms with Gasteiger partial charge in [0.2, 0.25) is 0 Å². The van der Waals surface area contributed by atoms with Crippen LogP contribution in [0, 0.1) is 5.41 Å². The van der Waals surface area contributed by atoms with Crippen LogP contribution >= 0.6 is 0 Å². The maximum absolute atomic E-state index is 14.4. The zero-order chi connectivity index (χ0) is 25.0. The van der Waals surface area contributed by atoms with Crippen LogP contribution in [0.3, 0.4) is 0 Å². The molecule has 2 nitrogen and oxygen atoms in total. The molecule has 0 aromatic heterocycles. The molecule has 4 saturated carbocycles. The van der Waals surface area contributed by atoms with Gasteiger partial charge in [-0.1, -0.05) is 109 Å². The molecule has 8 rings (SSSR count). The highest BCUT2D eigenvalue weighted by molar-refractivity contribution is 5.79. The number of benzene rings is 3. The molecule has 186 valence electrons.